The molecule has 0 atom stereocenters. The van der Waals surface area contributed by atoms with E-state index in [1.165, 1.54) is 0 Å². The first kappa shape index (κ1) is 10.5. The first-order valence-corrected chi connectivity index (χ1v) is 4.58. The van der Waals surface area contributed by atoms with Crippen molar-refractivity contribution < 1.29 is 5.21 Å². The number of hydrogen-bond donors (Lipinski definition) is 1. The fourth-order valence-electron chi connectivity index (χ4n) is 1.51. The highest BCUT2D eigenvalue weighted by molar-refractivity contribution is 6.23. The molecule has 0 aromatic heterocycles. The Morgan fingerprint density at radius 3 is 2.07 bits per heavy atom. The molecule has 0 radical (unpaired) electrons. The zero-order valence-corrected chi connectivity index (χ0v) is 8.78. The Hall–Kier alpha value is -1.57. The minimum Gasteiger partial charge on any atom is -0.411 e. The van der Waals surface area contributed by atoms with Crippen molar-refractivity contribution in [2.24, 2.45) is 5.16 Å². The third-order valence-corrected chi connectivity index (χ3v) is 2.07. The van der Waals surface area contributed by atoms with Crippen LogP contribution in [0.2, 0.25) is 0 Å². The Morgan fingerprint density at radius 2 is 1.64 bits per heavy atom. The van der Waals surface area contributed by atoms with Crippen LogP contribution in [0.15, 0.2) is 41.1 Å². The molecule has 0 spiro atoms. The molecule has 0 saturated heterocycles. The van der Waals surface area contributed by atoms with Crippen molar-refractivity contribution >= 4 is 11.3 Å². The van der Waals surface area contributed by atoms with E-state index < -0.39 is 0 Å². The molecule has 0 bridgehead atoms. The van der Waals surface area contributed by atoms with E-state index in [0.29, 0.717) is 5.71 Å². The van der Waals surface area contributed by atoms with E-state index in [1.54, 1.807) is 6.92 Å². The minimum atomic E-state index is 0.649. The van der Waals surface area contributed by atoms with Crippen molar-refractivity contribution in [1.82, 2.24) is 0 Å². The van der Waals surface area contributed by atoms with Gasteiger partial charge in [-0.2, -0.15) is 0 Å². The summed E-state index contributed by atoms with van der Waals surface area (Å²) in [7, 11) is 0. The number of allylic oxidation sites excluding steroid dienone is 2. The molecule has 74 valence electrons. The van der Waals surface area contributed by atoms with E-state index in [0.717, 1.165) is 16.7 Å². The third kappa shape index (κ3) is 2.22. The average molecular weight is 189 g/mol. The normalized spacial score (nSPS) is 11.2. The van der Waals surface area contributed by atoms with Crippen LogP contribution in [0, 0.1) is 0 Å². The van der Waals surface area contributed by atoms with Crippen LogP contribution in [0.5, 0.6) is 0 Å². The van der Waals surface area contributed by atoms with Gasteiger partial charge in [-0.25, -0.2) is 0 Å². The fraction of sp³-hybridized carbons (Fsp3) is 0.250. The van der Waals surface area contributed by atoms with Crippen LogP contribution in [-0.4, -0.2) is 10.9 Å². The predicted octanol–water partition coefficient (Wildman–Crippen LogP) is 3.33. The third-order valence-electron chi connectivity index (χ3n) is 2.07. The predicted molar refractivity (Wildman–Crippen MR) is 59.6 cm³/mol. The molecule has 0 amide bonds. The topological polar surface area (TPSA) is 32.6 Å². The summed E-state index contributed by atoms with van der Waals surface area (Å²) in [5.74, 6) is 0. The molecule has 0 aliphatic rings. The highest BCUT2D eigenvalue weighted by Gasteiger charge is 2.06. The smallest absolute Gasteiger partial charge is 0.0842 e. The number of benzene rings is 1. The number of oxime groups is 1. The number of hydrogen-bond acceptors (Lipinski definition) is 2. The highest BCUT2D eigenvalue weighted by Crippen LogP contribution is 2.19. The maximum absolute atomic E-state index is 8.77. The van der Waals surface area contributed by atoms with Gasteiger partial charge in [-0.05, 0) is 26.3 Å². The van der Waals surface area contributed by atoms with E-state index in [9.17, 15) is 0 Å². The number of nitrogens with zero attached hydrogens (tertiary/aromatic N) is 1. The largest absolute Gasteiger partial charge is 0.411 e. The molecule has 0 heterocycles. The molecule has 2 nitrogen and oxygen atoms in total. The van der Waals surface area contributed by atoms with E-state index in [-0.39, 0.29) is 0 Å². The lowest BCUT2D eigenvalue weighted by molar-refractivity contribution is 0.319. The van der Waals surface area contributed by atoms with Crippen LogP contribution in [0.1, 0.15) is 26.3 Å². The molecule has 1 aromatic carbocycles. The van der Waals surface area contributed by atoms with Crippen molar-refractivity contribution in [2.45, 2.75) is 20.8 Å². The van der Waals surface area contributed by atoms with E-state index in [1.807, 2.05) is 44.2 Å². The second kappa shape index (κ2) is 4.61. The summed E-state index contributed by atoms with van der Waals surface area (Å²) in [5, 5.41) is 12.0. The van der Waals surface area contributed by atoms with Gasteiger partial charge in [0.25, 0.3) is 0 Å². The molecule has 0 saturated carbocycles. The molecule has 1 N–H and O–H groups in total. The minimum absolute atomic E-state index is 0.649. The maximum atomic E-state index is 8.77. The van der Waals surface area contributed by atoms with Crippen LogP contribution in [0.25, 0.3) is 5.57 Å². The average Bonchev–Trinajstić information content (AvgIpc) is 2.19. The van der Waals surface area contributed by atoms with Crippen LogP contribution >= 0.6 is 0 Å². The van der Waals surface area contributed by atoms with Gasteiger partial charge in [-0.1, -0.05) is 41.1 Å². The van der Waals surface area contributed by atoms with Crippen molar-refractivity contribution in [2.75, 3.05) is 0 Å². The SMILES string of the molecule is CC(=NO)C(=C(C)C)c1ccccc1. The second-order valence-corrected chi connectivity index (χ2v) is 3.43. The highest BCUT2D eigenvalue weighted by atomic mass is 16.4. The van der Waals surface area contributed by atoms with Gasteiger partial charge >= 0.3 is 0 Å². The molecule has 1 aromatic rings. The first-order chi connectivity index (χ1) is 6.66. The summed E-state index contributed by atoms with van der Waals surface area (Å²) in [5.41, 5.74) is 3.89. The van der Waals surface area contributed by atoms with Gasteiger partial charge in [0.15, 0.2) is 0 Å². The van der Waals surface area contributed by atoms with E-state index in [4.69, 9.17) is 5.21 Å². The zero-order valence-electron chi connectivity index (χ0n) is 8.78. The van der Waals surface area contributed by atoms with Gasteiger partial charge in [-0.15, -0.1) is 0 Å². The molecular formula is C12H15NO. The van der Waals surface area contributed by atoms with Crippen LogP contribution in [-0.2, 0) is 0 Å². The summed E-state index contributed by atoms with van der Waals surface area (Å²) in [6.45, 7) is 5.82. The summed E-state index contributed by atoms with van der Waals surface area (Å²) in [6, 6.07) is 9.94. The lowest BCUT2D eigenvalue weighted by Gasteiger charge is -2.08. The van der Waals surface area contributed by atoms with E-state index >= 15 is 0 Å². The summed E-state index contributed by atoms with van der Waals surface area (Å²) < 4.78 is 0. The molecule has 2 heteroatoms. The Morgan fingerprint density at radius 1 is 1.07 bits per heavy atom. The van der Waals surface area contributed by atoms with Crippen LogP contribution in [0.4, 0.5) is 0 Å². The van der Waals surface area contributed by atoms with Crippen molar-refractivity contribution in [3.63, 3.8) is 0 Å². The molecule has 1 rings (SSSR count). The summed E-state index contributed by atoms with van der Waals surface area (Å²) >= 11 is 0. The van der Waals surface area contributed by atoms with Gasteiger partial charge in [0.1, 0.15) is 0 Å². The quantitative estimate of drug-likeness (QED) is 0.432. The zero-order chi connectivity index (χ0) is 10.6. The first-order valence-electron chi connectivity index (χ1n) is 4.58. The number of rotatable bonds is 2. The molecule has 0 fully saturated rings. The monoisotopic (exact) mass is 189 g/mol. The van der Waals surface area contributed by atoms with Crippen molar-refractivity contribution in [3.05, 3.63) is 41.5 Å². The fourth-order valence-corrected chi connectivity index (χ4v) is 1.51. The molecule has 0 aliphatic carbocycles. The van der Waals surface area contributed by atoms with Gasteiger partial charge in [0.05, 0.1) is 5.71 Å². The standard InChI is InChI=1S/C12H15NO/c1-9(2)12(10(3)13-14)11-7-5-4-6-8-11/h4-8,14H,1-3H3. The summed E-state index contributed by atoms with van der Waals surface area (Å²) in [4.78, 5) is 0. The van der Waals surface area contributed by atoms with Gasteiger partial charge < -0.3 is 5.21 Å². The molecular weight excluding hydrogens is 174 g/mol. The molecule has 0 unspecified atom stereocenters. The van der Waals surface area contributed by atoms with E-state index in [2.05, 4.69) is 5.16 Å². The van der Waals surface area contributed by atoms with Gasteiger partial charge in [-0.3, -0.25) is 0 Å². The van der Waals surface area contributed by atoms with Crippen LogP contribution in [0.3, 0.4) is 0 Å². The maximum Gasteiger partial charge on any atom is 0.0842 e. The lowest BCUT2D eigenvalue weighted by atomic mass is 9.98. The lowest BCUT2D eigenvalue weighted by Crippen LogP contribution is -1.98. The Bertz CT molecular complexity index is 359. The Labute approximate surface area is 84.6 Å². The molecule has 14 heavy (non-hydrogen) atoms. The van der Waals surface area contributed by atoms with Gasteiger partial charge in [0, 0.05) is 5.57 Å². The molecule has 0 aliphatic heterocycles. The van der Waals surface area contributed by atoms with Gasteiger partial charge in [0.2, 0.25) is 0 Å². The van der Waals surface area contributed by atoms with Crippen LogP contribution < -0.4 is 0 Å². The summed E-state index contributed by atoms with van der Waals surface area (Å²) in [6.07, 6.45) is 0. The Kier molecular flexibility index (Phi) is 3.46. The Balaban J connectivity index is 3.23. The second-order valence-electron chi connectivity index (χ2n) is 3.43. The van der Waals surface area contributed by atoms with Crippen molar-refractivity contribution in [1.29, 1.82) is 0 Å². The van der Waals surface area contributed by atoms with Crippen molar-refractivity contribution in [3.8, 4) is 0 Å².